The van der Waals surface area contributed by atoms with Crippen LogP contribution in [0.1, 0.15) is 21.5 Å². The van der Waals surface area contributed by atoms with E-state index in [1.54, 1.807) is 0 Å². The summed E-state index contributed by atoms with van der Waals surface area (Å²) in [6.45, 7) is -0.110. The molecule has 3 N–H and O–H groups in total. The molecule has 0 atom stereocenters. The number of ether oxygens (including phenoxy) is 1. The highest BCUT2D eigenvalue weighted by molar-refractivity contribution is 5.92. The van der Waals surface area contributed by atoms with Crippen LogP contribution in [0.2, 0.25) is 0 Å². The Morgan fingerprint density at radius 3 is 2.50 bits per heavy atom. The first-order chi connectivity index (χ1) is 8.28. The summed E-state index contributed by atoms with van der Waals surface area (Å²) in [5.74, 6) is -2.67. The molecule has 0 saturated carbocycles. The van der Waals surface area contributed by atoms with Crippen molar-refractivity contribution in [3.8, 4) is 11.8 Å². The second-order valence-corrected chi connectivity index (χ2v) is 3.19. The van der Waals surface area contributed by atoms with Crippen LogP contribution in [0, 0.1) is 11.3 Å². The Balaban J connectivity index is 3.46. The second-order valence-electron chi connectivity index (χ2n) is 3.19. The first-order valence-electron chi connectivity index (χ1n) is 4.54. The van der Waals surface area contributed by atoms with E-state index in [4.69, 9.17) is 16.1 Å². The Morgan fingerprint density at radius 2 is 2.11 bits per heavy atom. The van der Waals surface area contributed by atoms with Crippen LogP contribution >= 0.6 is 0 Å². The Bertz CT molecular complexity index is 520. The van der Waals surface area contributed by atoms with E-state index >= 15 is 0 Å². The number of carboxylic acid groups (broad SMARTS) is 1. The lowest BCUT2D eigenvalue weighted by Crippen LogP contribution is -2.20. The fourth-order valence-corrected chi connectivity index (χ4v) is 1.27. The van der Waals surface area contributed by atoms with Crippen molar-refractivity contribution in [2.45, 2.75) is 12.9 Å². The minimum absolute atomic E-state index is 0.110. The molecule has 1 aromatic rings. The number of nitriles is 1. The zero-order chi connectivity index (χ0) is 13.9. The smallest absolute Gasteiger partial charge is 0.478 e. The number of alkyl halides is 3. The maximum atomic E-state index is 12.1. The Kier molecular flexibility index (Phi) is 3.78. The molecular formula is C10H7F3N2O3. The van der Waals surface area contributed by atoms with Crippen molar-refractivity contribution in [2.24, 2.45) is 5.73 Å². The van der Waals surface area contributed by atoms with Crippen molar-refractivity contribution < 1.29 is 27.8 Å². The number of hydrogen-bond donors (Lipinski definition) is 2. The molecule has 5 nitrogen and oxygen atoms in total. The van der Waals surface area contributed by atoms with Crippen molar-refractivity contribution in [2.75, 3.05) is 0 Å². The quantitative estimate of drug-likeness (QED) is 0.860. The highest BCUT2D eigenvalue weighted by atomic mass is 19.4. The maximum absolute atomic E-state index is 12.1. The molecule has 8 heteroatoms. The average Bonchev–Trinajstić information content (AvgIpc) is 2.26. The summed E-state index contributed by atoms with van der Waals surface area (Å²) in [7, 11) is 0. The molecule has 0 unspecified atom stereocenters. The van der Waals surface area contributed by atoms with Crippen molar-refractivity contribution in [3.63, 3.8) is 0 Å². The summed E-state index contributed by atoms with van der Waals surface area (Å²) in [5, 5.41) is 17.5. The molecule has 0 aliphatic heterocycles. The Labute approximate surface area is 99.2 Å². The summed E-state index contributed by atoms with van der Waals surface area (Å²) in [5.41, 5.74) is 4.18. The van der Waals surface area contributed by atoms with E-state index in [1.165, 1.54) is 6.07 Å². The number of benzene rings is 1. The SMILES string of the molecule is N#Cc1cc(CN)cc(C(=O)O)c1OC(F)(F)F. The molecule has 96 valence electrons. The second kappa shape index (κ2) is 4.93. The van der Waals surface area contributed by atoms with Gasteiger partial charge in [0.1, 0.15) is 11.6 Å². The number of nitrogens with zero attached hydrogens (tertiary/aromatic N) is 1. The number of rotatable bonds is 3. The lowest BCUT2D eigenvalue weighted by molar-refractivity contribution is -0.274. The summed E-state index contributed by atoms with van der Waals surface area (Å²) in [6.07, 6.45) is -5.08. The molecule has 1 rings (SSSR count). The molecule has 0 spiro atoms. The molecule has 0 bridgehead atoms. The molecule has 0 aliphatic carbocycles. The van der Waals surface area contributed by atoms with Crippen LogP contribution in [0.4, 0.5) is 13.2 Å². The predicted molar refractivity (Wildman–Crippen MR) is 52.7 cm³/mol. The largest absolute Gasteiger partial charge is 0.573 e. The van der Waals surface area contributed by atoms with Gasteiger partial charge in [0.05, 0.1) is 5.56 Å². The van der Waals surface area contributed by atoms with Gasteiger partial charge >= 0.3 is 12.3 Å². The number of hydrogen-bond acceptors (Lipinski definition) is 4. The topological polar surface area (TPSA) is 96.3 Å². The van der Waals surface area contributed by atoms with Gasteiger partial charge in [-0.15, -0.1) is 13.2 Å². The van der Waals surface area contributed by atoms with E-state index < -0.39 is 29.2 Å². The molecule has 0 radical (unpaired) electrons. The van der Waals surface area contributed by atoms with Gasteiger partial charge < -0.3 is 15.6 Å². The highest BCUT2D eigenvalue weighted by Crippen LogP contribution is 2.31. The van der Waals surface area contributed by atoms with E-state index in [0.29, 0.717) is 0 Å². The first kappa shape index (κ1) is 13.8. The van der Waals surface area contributed by atoms with Crippen LogP contribution in [0.15, 0.2) is 12.1 Å². The number of halogens is 3. The fourth-order valence-electron chi connectivity index (χ4n) is 1.27. The van der Waals surface area contributed by atoms with E-state index in [1.807, 2.05) is 0 Å². The standard InChI is InChI=1S/C10H7F3N2O3/c11-10(12,13)18-8-6(4-15)1-5(3-14)2-7(8)9(16)17/h1-2H,3,14H2,(H,16,17). The van der Waals surface area contributed by atoms with Gasteiger partial charge in [0, 0.05) is 6.54 Å². The minimum Gasteiger partial charge on any atom is -0.478 e. The van der Waals surface area contributed by atoms with Crippen molar-refractivity contribution in [1.29, 1.82) is 5.26 Å². The van der Waals surface area contributed by atoms with Crippen LogP contribution in [-0.2, 0) is 6.54 Å². The van der Waals surface area contributed by atoms with Gasteiger partial charge in [-0.2, -0.15) is 5.26 Å². The summed E-state index contributed by atoms with van der Waals surface area (Å²) < 4.78 is 40.0. The van der Waals surface area contributed by atoms with Gasteiger partial charge in [0.2, 0.25) is 0 Å². The van der Waals surface area contributed by atoms with E-state index in [0.717, 1.165) is 12.1 Å². The zero-order valence-electron chi connectivity index (χ0n) is 8.78. The van der Waals surface area contributed by atoms with E-state index in [2.05, 4.69) is 4.74 Å². The number of carbonyl (C=O) groups is 1. The van der Waals surface area contributed by atoms with Gasteiger partial charge in [-0.1, -0.05) is 0 Å². The van der Waals surface area contributed by atoms with Crippen LogP contribution in [-0.4, -0.2) is 17.4 Å². The van der Waals surface area contributed by atoms with Gasteiger partial charge in [-0.25, -0.2) is 4.79 Å². The Hall–Kier alpha value is -2.27. The molecule has 0 saturated heterocycles. The summed E-state index contributed by atoms with van der Waals surface area (Å²) >= 11 is 0. The molecule has 0 aromatic heterocycles. The predicted octanol–water partition coefficient (Wildman–Crippen LogP) is 1.61. The number of nitrogens with two attached hydrogens (primary N) is 1. The molecule has 0 fully saturated rings. The van der Waals surface area contributed by atoms with Crippen LogP contribution < -0.4 is 10.5 Å². The molecule has 0 amide bonds. The van der Waals surface area contributed by atoms with Gasteiger partial charge in [0.25, 0.3) is 0 Å². The van der Waals surface area contributed by atoms with Gasteiger partial charge in [-0.05, 0) is 17.7 Å². The maximum Gasteiger partial charge on any atom is 0.573 e. The molecular weight excluding hydrogens is 253 g/mol. The summed E-state index contributed by atoms with van der Waals surface area (Å²) in [6, 6.07) is 3.43. The van der Waals surface area contributed by atoms with Gasteiger partial charge in [0.15, 0.2) is 5.75 Å². The lowest BCUT2D eigenvalue weighted by Gasteiger charge is -2.13. The van der Waals surface area contributed by atoms with Crippen molar-refractivity contribution >= 4 is 5.97 Å². The average molecular weight is 260 g/mol. The lowest BCUT2D eigenvalue weighted by atomic mass is 10.0. The number of carboxylic acids is 1. The van der Waals surface area contributed by atoms with Crippen LogP contribution in [0.3, 0.4) is 0 Å². The van der Waals surface area contributed by atoms with Gasteiger partial charge in [-0.3, -0.25) is 0 Å². The third kappa shape index (κ3) is 3.11. The third-order valence-corrected chi connectivity index (χ3v) is 1.95. The number of aromatic carboxylic acids is 1. The first-order valence-corrected chi connectivity index (χ1v) is 4.54. The molecule has 1 aromatic carbocycles. The molecule has 0 aliphatic rings. The summed E-state index contributed by atoms with van der Waals surface area (Å²) in [4.78, 5) is 10.8. The molecule has 18 heavy (non-hydrogen) atoms. The van der Waals surface area contributed by atoms with Crippen molar-refractivity contribution in [3.05, 3.63) is 28.8 Å². The Morgan fingerprint density at radius 1 is 1.50 bits per heavy atom. The van der Waals surface area contributed by atoms with E-state index in [9.17, 15) is 18.0 Å². The highest BCUT2D eigenvalue weighted by Gasteiger charge is 2.34. The molecule has 0 heterocycles. The fraction of sp³-hybridized carbons (Fsp3) is 0.200. The monoisotopic (exact) mass is 260 g/mol. The van der Waals surface area contributed by atoms with Crippen LogP contribution in [0.25, 0.3) is 0 Å². The van der Waals surface area contributed by atoms with Crippen LogP contribution in [0.5, 0.6) is 5.75 Å². The normalized spacial score (nSPS) is 10.8. The van der Waals surface area contributed by atoms with Crippen molar-refractivity contribution in [1.82, 2.24) is 0 Å². The minimum atomic E-state index is -5.08. The third-order valence-electron chi connectivity index (χ3n) is 1.95. The van der Waals surface area contributed by atoms with E-state index in [-0.39, 0.29) is 12.1 Å². The zero-order valence-corrected chi connectivity index (χ0v) is 8.78.